The molecule has 0 aliphatic heterocycles. The van der Waals surface area contributed by atoms with Gasteiger partial charge in [0.25, 0.3) is 0 Å². The van der Waals surface area contributed by atoms with Crippen LogP contribution >= 0.6 is 0 Å². The molecule has 0 spiro atoms. The molecule has 0 amide bonds. The molecule has 1 saturated carbocycles. The summed E-state index contributed by atoms with van der Waals surface area (Å²) in [5.74, 6) is 1.56. The van der Waals surface area contributed by atoms with Gasteiger partial charge in [-0.25, -0.2) is 0 Å². The van der Waals surface area contributed by atoms with E-state index in [1.165, 1.54) is 6.42 Å². The first-order chi connectivity index (χ1) is 8.02. The van der Waals surface area contributed by atoms with E-state index in [0.717, 1.165) is 24.7 Å². The van der Waals surface area contributed by atoms with Crippen molar-refractivity contribution >= 4 is 0 Å². The van der Waals surface area contributed by atoms with Crippen LogP contribution in [0, 0.1) is 23.2 Å². The van der Waals surface area contributed by atoms with Gasteiger partial charge in [0.1, 0.15) is 6.04 Å². The maximum atomic E-state index is 9.01. The largest absolute Gasteiger partial charge is 0.375 e. The van der Waals surface area contributed by atoms with Gasteiger partial charge in [-0.1, -0.05) is 13.8 Å². The molecule has 17 heavy (non-hydrogen) atoms. The summed E-state index contributed by atoms with van der Waals surface area (Å²) in [7, 11) is 0. The van der Waals surface area contributed by atoms with Gasteiger partial charge >= 0.3 is 0 Å². The first-order valence-electron chi connectivity index (χ1n) is 6.80. The zero-order valence-corrected chi connectivity index (χ0v) is 11.6. The summed E-state index contributed by atoms with van der Waals surface area (Å²) in [5.41, 5.74) is 0. The van der Waals surface area contributed by atoms with Gasteiger partial charge in [0.2, 0.25) is 0 Å². The number of hydrogen-bond acceptors (Lipinski definition) is 3. The first-order valence-corrected chi connectivity index (χ1v) is 6.80. The van der Waals surface area contributed by atoms with Gasteiger partial charge in [0.05, 0.1) is 18.8 Å². The van der Waals surface area contributed by atoms with Crippen LogP contribution in [0.1, 0.15) is 47.0 Å². The van der Waals surface area contributed by atoms with Gasteiger partial charge in [0, 0.05) is 6.04 Å². The Morgan fingerprint density at radius 1 is 1.29 bits per heavy atom. The van der Waals surface area contributed by atoms with Crippen LogP contribution in [-0.4, -0.2) is 24.8 Å². The van der Waals surface area contributed by atoms with E-state index in [1.54, 1.807) is 0 Å². The van der Waals surface area contributed by atoms with E-state index in [9.17, 15) is 0 Å². The van der Waals surface area contributed by atoms with Crippen molar-refractivity contribution < 1.29 is 4.74 Å². The smallest absolute Gasteiger partial charge is 0.119 e. The fourth-order valence-electron chi connectivity index (χ4n) is 2.41. The molecule has 1 aliphatic carbocycles. The van der Waals surface area contributed by atoms with Gasteiger partial charge < -0.3 is 4.74 Å². The van der Waals surface area contributed by atoms with Crippen molar-refractivity contribution in [2.45, 2.75) is 65.1 Å². The Hall–Kier alpha value is -0.590. The lowest BCUT2D eigenvalue weighted by atomic mass is 9.80. The van der Waals surface area contributed by atoms with Gasteiger partial charge in [0.15, 0.2) is 0 Å². The number of nitrogens with zero attached hydrogens (tertiary/aromatic N) is 1. The molecule has 1 aliphatic rings. The van der Waals surface area contributed by atoms with Gasteiger partial charge in [-0.3, -0.25) is 5.32 Å². The molecule has 0 aromatic carbocycles. The van der Waals surface area contributed by atoms with Crippen LogP contribution in [-0.2, 0) is 4.74 Å². The standard InChI is InChI=1S/C14H26N2O/c1-10(2)16-13(8-15)9-17-14-6-5-11(3)12(4)7-14/h10-14,16H,5-7,9H2,1-4H3. The van der Waals surface area contributed by atoms with E-state index in [2.05, 4.69) is 39.1 Å². The maximum absolute atomic E-state index is 9.01. The third-order valence-corrected chi connectivity index (χ3v) is 3.74. The zero-order chi connectivity index (χ0) is 12.8. The van der Waals surface area contributed by atoms with E-state index < -0.39 is 0 Å². The highest BCUT2D eigenvalue weighted by atomic mass is 16.5. The lowest BCUT2D eigenvalue weighted by Gasteiger charge is -2.32. The number of nitrogens with one attached hydrogen (secondary N) is 1. The summed E-state index contributed by atoms with van der Waals surface area (Å²) in [4.78, 5) is 0. The average molecular weight is 238 g/mol. The van der Waals surface area contributed by atoms with E-state index in [-0.39, 0.29) is 6.04 Å². The lowest BCUT2D eigenvalue weighted by Crippen LogP contribution is -2.39. The number of ether oxygens (including phenoxy) is 1. The van der Waals surface area contributed by atoms with Gasteiger partial charge in [-0.2, -0.15) is 5.26 Å². The second kappa shape index (κ2) is 6.98. The normalized spacial score (nSPS) is 31.2. The van der Waals surface area contributed by atoms with Crippen LogP contribution in [0.25, 0.3) is 0 Å². The van der Waals surface area contributed by atoms with Crippen molar-refractivity contribution in [3.63, 3.8) is 0 Å². The molecule has 1 N–H and O–H groups in total. The lowest BCUT2D eigenvalue weighted by molar-refractivity contribution is -0.00252. The molecule has 4 unspecified atom stereocenters. The molecule has 1 rings (SSSR count). The minimum Gasteiger partial charge on any atom is -0.375 e. The Labute approximate surface area is 106 Å². The molecular weight excluding hydrogens is 212 g/mol. The van der Waals surface area contributed by atoms with Crippen LogP contribution in [0.3, 0.4) is 0 Å². The molecule has 4 atom stereocenters. The van der Waals surface area contributed by atoms with Crippen LogP contribution in [0.5, 0.6) is 0 Å². The molecule has 0 heterocycles. The molecule has 3 nitrogen and oxygen atoms in total. The van der Waals surface area contributed by atoms with E-state index in [1.807, 2.05) is 0 Å². The van der Waals surface area contributed by atoms with E-state index in [4.69, 9.17) is 10.00 Å². The highest BCUT2D eigenvalue weighted by Gasteiger charge is 2.25. The van der Waals surface area contributed by atoms with E-state index >= 15 is 0 Å². The SMILES string of the molecule is CC(C)NC(C#N)COC1CCC(C)C(C)C1. The van der Waals surface area contributed by atoms with Crippen LogP contribution < -0.4 is 5.32 Å². The van der Waals surface area contributed by atoms with Crippen molar-refractivity contribution in [1.82, 2.24) is 5.32 Å². The van der Waals surface area contributed by atoms with Crippen LogP contribution in [0.2, 0.25) is 0 Å². The first kappa shape index (κ1) is 14.5. The second-order valence-electron chi connectivity index (χ2n) is 5.73. The molecule has 0 aromatic heterocycles. The summed E-state index contributed by atoms with van der Waals surface area (Å²) >= 11 is 0. The topological polar surface area (TPSA) is 45.0 Å². The summed E-state index contributed by atoms with van der Waals surface area (Å²) in [6.45, 7) is 9.23. The van der Waals surface area contributed by atoms with Crippen molar-refractivity contribution in [2.24, 2.45) is 11.8 Å². The Morgan fingerprint density at radius 2 is 2.00 bits per heavy atom. The average Bonchev–Trinajstić information content (AvgIpc) is 2.28. The summed E-state index contributed by atoms with van der Waals surface area (Å²) < 4.78 is 5.87. The molecule has 0 bridgehead atoms. The van der Waals surface area contributed by atoms with Crippen LogP contribution in [0.4, 0.5) is 0 Å². The maximum Gasteiger partial charge on any atom is 0.119 e. The molecule has 3 heteroatoms. The molecule has 0 saturated heterocycles. The molecule has 1 fully saturated rings. The third kappa shape index (κ3) is 5.06. The van der Waals surface area contributed by atoms with Crippen molar-refractivity contribution in [2.75, 3.05) is 6.61 Å². The quantitative estimate of drug-likeness (QED) is 0.801. The van der Waals surface area contributed by atoms with E-state index in [0.29, 0.717) is 18.8 Å². The Morgan fingerprint density at radius 3 is 2.53 bits per heavy atom. The number of nitriles is 1. The van der Waals surface area contributed by atoms with Gasteiger partial charge in [-0.05, 0) is 44.9 Å². The fourth-order valence-corrected chi connectivity index (χ4v) is 2.41. The van der Waals surface area contributed by atoms with Crippen molar-refractivity contribution in [1.29, 1.82) is 5.26 Å². The Bertz CT molecular complexity index is 259. The number of rotatable bonds is 5. The predicted octanol–water partition coefficient (Wildman–Crippen LogP) is 2.72. The minimum atomic E-state index is -0.176. The minimum absolute atomic E-state index is 0.176. The highest BCUT2D eigenvalue weighted by Crippen LogP contribution is 2.30. The number of hydrogen-bond donors (Lipinski definition) is 1. The molecule has 0 aromatic rings. The second-order valence-corrected chi connectivity index (χ2v) is 5.73. The predicted molar refractivity (Wildman–Crippen MR) is 69.6 cm³/mol. The highest BCUT2D eigenvalue weighted by molar-refractivity contribution is 4.91. The molecule has 0 radical (unpaired) electrons. The monoisotopic (exact) mass is 238 g/mol. The summed E-state index contributed by atoms with van der Waals surface area (Å²) in [6.07, 6.45) is 3.89. The van der Waals surface area contributed by atoms with Gasteiger partial charge in [-0.15, -0.1) is 0 Å². The van der Waals surface area contributed by atoms with Crippen LogP contribution in [0.15, 0.2) is 0 Å². The molecule has 98 valence electrons. The Balaban J connectivity index is 2.28. The zero-order valence-electron chi connectivity index (χ0n) is 11.6. The Kier molecular flexibility index (Phi) is 5.94. The molecular formula is C14H26N2O. The summed E-state index contributed by atoms with van der Waals surface area (Å²) in [6, 6.07) is 2.41. The fraction of sp³-hybridized carbons (Fsp3) is 0.929. The van der Waals surface area contributed by atoms with Crippen molar-refractivity contribution in [3.8, 4) is 6.07 Å². The third-order valence-electron chi connectivity index (χ3n) is 3.74. The van der Waals surface area contributed by atoms with Crippen molar-refractivity contribution in [3.05, 3.63) is 0 Å². The summed E-state index contributed by atoms with van der Waals surface area (Å²) in [5, 5.41) is 12.2.